The highest BCUT2D eigenvalue weighted by molar-refractivity contribution is 14.0. The van der Waals surface area contributed by atoms with Crippen LogP contribution in [0.3, 0.4) is 0 Å². The molecule has 3 heterocycles. The Kier molecular flexibility index (Phi) is 7.76. The fourth-order valence-corrected chi connectivity index (χ4v) is 3.38. The number of halogens is 1. The van der Waals surface area contributed by atoms with Gasteiger partial charge >= 0.3 is 0 Å². The summed E-state index contributed by atoms with van der Waals surface area (Å²) in [5, 5.41) is 16.1. The summed E-state index contributed by atoms with van der Waals surface area (Å²) < 4.78 is 2.03. The Labute approximate surface area is 174 Å². The molecule has 0 atom stereocenters. The lowest BCUT2D eigenvalue weighted by molar-refractivity contribution is 0.713. The predicted molar refractivity (Wildman–Crippen MR) is 117 cm³/mol. The number of pyridine rings is 1. The lowest BCUT2D eigenvalue weighted by Gasteiger charge is -2.10. The normalized spacial score (nSPS) is 11.4. The van der Waals surface area contributed by atoms with Crippen molar-refractivity contribution in [1.82, 2.24) is 30.2 Å². The van der Waals surface area contributed by atoms with Crippen molar-refractivity contribution < 1.29 is 0 Å². The zero-order chi connectivity index (χ0) is 17.6. The summed E-state index contributed by atoms with van der Waals surface area (Å²) in [6, 6.07) is 5.92. The number of hydrogen-bond acceptors (Lipinski definition) is 5. The lowest BCUT2D eigenvalue weighted by atomic mass is 10.3. The number of aryl methyl sites for hydroxylation is 3. The third kappa shape index (κ3) is 5.13. The fourth-order valence-electron chi connectivity index (χ4n) is 2.51. The van der Waals surface area contributed by atoms with E-state index in [1.54, 1.807) is 18.4 Å². The first-order valence-corrected chi connectivity index (χ1v) is 9.15. The van der Waals surface area contributed by atoms with E-state index in [1.807, 2.05) is 35.7 Å². The molecular weight excluding hydrogens is 461 g/mol. The molecule has 7 nitrogen and oxygen atoms in total. The Morgan fingerprint density at radius 2 is 2.08 bits per heavy atom. The van der Waals surface area contributed by atoms with Crippen molar-refractivity contribution in [2.24, 2.45) is 4.99 Å². The maximum Gasteiger partial charge on any atom is 0.191 e. The van der Waals surface area contributed by atoms with Gasteiger partial charge in [-0.1, -0.05) is 6.07 Å². The Hall–Kier alpha value is -1.75. The lowest BCUT2D eigenvalue weighted by Crippen LogP contribution is -2.37. The quantitative estimate of drug-likeness (QED) is 0.243. The molecule has 0 amide bonds. The number of hydrogen-bond donors (Lipinski definition) is 2. The Bertz CT molecular complexity index is 852. The van der Waals surface area contributed by atoms with Gasteiger partial charge in [-0.05, 0) is 32.4 Å². The van der Waals surface area contributed by atoms with Gasteiger partial charge < -0.3 is 10.6 Å². The number of thiazole rings is 1. The first-order chi connectivity index (χ1) is 12.2. The van der Waals surface area contributed by atoms with Crippen molar-refractivity contribution in [3.63, 3.8) is 0 Å². The molecule has 0 saturated carbocycles. The number of nitrogens with zero attached hydrogens (tertiary/aromatic N) is 5. The Morgan fingerprint density at radius 1 is 1.23 bits per heavy atom. The zero-order valence-corrected chi connectivity index (χ0v) is 18.3. The molecule has 3 rings (SSSR count). The molecule has 0 bridgehead atoms. The molecule has 0 unspecified atom stereocenters. The van der Waals surface area contributed by atoms with E-state index in [9.17, 15) is 0 Å². The molecule has 0 aliphatic carbocycles. The molecule has 3 aromatic heterocycles. The van der Waals surface area contributed by atoms with Crippen LogP contribution >= 0.6 is 35.3 Å². The second kappa shape index (κ2) is 9.81. The molecule has 0 aliphatic heterocycles. The van der Waals surface area contributed by atoms with Crippen LogP contribution in [0.25, 0.3) is 5.65 Å². The van der Waals surface area contributed by atoms with Crippen LogP contribution in [-0.2, 0) is 13.0 Å². The minimum absolute atomic E-state index is 0. The summed E-state index contributed by atoms with van der Waals surface area (Å²) in [6.45, 7) is 5.64. The van der Waals surface area contributed by atoms with Crippen LogP contribution in [0, 0.1) is 13.8 Å². The van der Waals surface area contributed by atoms with Crippen LogP contribution in [0.2, 0.25) is 0 Å². The number of aliphatic imine (C=N–C) groups is 1. The zero-order valence-electron chi connectivity index (χ0n) is 15.2. The Balaban J connectivity index is 0.00000243. The van der Waals surface area contributed by atoms with Crippen LogP contribution < -0.4 is 10.6 Å². The molecule has 140 valence electrons. The van der Waals surface area contributed by atoms with E-state index in [-0.39, 0.29) is 24.0 Å². The number of aromatic nitrogens is 4. The topological polar surface area (TPSA) is 79.5 Å². The molecule has 0 aliphatic rings. The summed E-state index contributed by atoms with van der Waals surface area (Å²) in [5.74, 6) is 1.77. The van der Waals surface area contributed by atoms with Crippen molar-refractivity contribution in [3.8, 4) is 0 Å². The van der Waals surface area contributed by atoms with Gasteiger partial charge in [-0.25, -0.2) is 4.98 Å². The summed E-state index contributed by atoms with van der Waals surface area (Å²) in [6.07, 6.45) is 3.81. The van der Waals surface area contributed by atoms with Gasteiger partial charge in [0.05, 0.1) is 12.2 Å². The van der Waals surface area contributed by atoms with Gasteiger partial charge in [0.25, 0.3) is 0 Å². The molecule has 0 saturated heterocycles. The standard InChI is InChI=1S/C17H23N7S.HI/c1-12-13(2)25-16(21-12)11-20-17(18-3)19-9-6-8-15-23-22-14-7-4-5-10-24(14)15;/h4-5,7,10H,6,8-9,11H2,1-3H3,(H2,18,19,20);1H. The van der Waals surface area contributed by atoms with Crippen molar-refractivity contribution >= 4 is 46.9 Å². The van der Waals surface area contributed by atoms with E-state index in [0.717, 1.165) is 47.5 Å². The van der Waals surface area contributed by atoms with Crippen molar-refractivity contribution in [3.05, 3.63) is 45.8 Å². The van der Waals surface area contributed by atoms with Crippen LogP contribution in [0.1, 0.15) is 27.8 Å². The SMILES string of the molecule is CN=C(NCCCc1nnc2ccccn12)NCc1nc(C)c(C)s1.I. The predicted octanol–water partition coefficient (Wildman–Crippen LogP) is 2.72. The van der Waals surface area contributed by atoms with Gasteiger partial charge in [-0.15, -0.1) is 45.5 Å². The van der Waals surface area contributed by atoms with Crippen LogP contribution in [0.4, 0.5) is 0 Å². The molecule has 3 aromatic rings. The van der Waals surface area contributed by atoms with E-state index in [1.165, 1.54) is 4.88 Å². The summed E-state index contributed by atoms with van der Waals surface area (Å²) >= 11 is 1.72. The minimum Gasteiger partial charge on any atom is -0.356 e. The van der Waals surface area contributed by atoms with E-state index < -0.39 is 0 Å². The molecule has 9 heteroatoms. The average molecular weight is 485 g/mol. The van der Waals surface area contributed by atoms with E-state index in [0.29, 0.717) is 6.54 Å². The van der Waals surface area contributed by atoms with Gasteiger partial charge in [0.1, 0.15) is 10.8 Å². The number of rotatable bonds is 6. The van der Waals surface area contributed by atoms with Gasteiger partial charge in [0.15, 0.2) is 11.6 Å². The summed E-state index contributed by atoms with van der Waals surface area (Å²) in [4.78, 5) is 10.0. The van der Waals surface area contributed by atoms with Crippen LogP contribution in [0.15, 0.2) is 29.4 Å². The number of guanidine groups is 1. The highest BCUT2D eigenvalue weighted by Crippen LogP contribution is 2.15. The molecular formula is C17H24IN7S. The molecule has 0 spiro atoms. The number of fused-ring (bicyclic) bond motifs is 1. The van der Waals surface area contributed by atoms with E-state index in [2.05, 4.69) is 37.7 Å². The summed E-state index contributed by atoms with van der Waals surface area (Å²) in [5.41, 5.74) is 1.99. The average Bonchev–Trinajstić information content (AvgIpc) is 3.18. The van der Waals surface area contributed by atoms with Gasteiger partial charge in [-0.3, -0.25) is 9.39 Å². The van der Waals surface area contributed by atoms with Crippen molar-refractivity contribution in [2.75, 3.05) is 13.6 Å². The second-order valence-corrected chi connectivity index (χ2v) is 7.04. The van der Waals surface area contributed by atoms with Crippen LogP contribution in [-0.4, -0.2) is 39.1 Å². The van der Waals surface area contributed by atoms with Gasteiger partial charge in [0.2, 0.25) is 0 Å². The first-order valence-electron chi connectivity index (χ1n) is 8.33. The number of nitrogens with one attached hydrogen (secondary N) is 2. The van der Waals surface area contributed by atoms with Crippen LogP contribution in [0.5, 0.6) is 0 Å². The maximum absolute atomic E-state index is 4.53. The highest BCUT2D eigenvalue weighted by atomic mass is 127. The smallest absolute Gasteiger partial charge is 0.191 e. The second-order valence-electron chi connectivity index (χ2n) is 5.75. The molecule has 0 aromatic carbocycles. The highest BCUT2D eigenvalue weighted by Gasteiger charge is 2.06. The molecule has 26 heavy (non-hydrogen) atoms. The van der Waals surface area contributed by atoms with Gasteiger partial charge in [0, 0.05) is 31.1 Å². The third-order valence-electron chi connectivity index (χ3n) is 3.96. The van der Waals surface area contributed by atoms with Crippen molar-refractivity contribution in [2.45, 2.75) is 33.2 Å². The molecule has 0 fully saturated rings. The monoisotopic (exact) mass is 485 g/mol. The minimum atomic E-state index is 0. The molecule has 0 radical (unpaired) electrons. The fraction of sp³-hybridized carbons (Fsp3) is 0.412. The van der Waals surface area contributed by atoms with E-state index >= 15 is 0 Å². The first kappa shape index (κ1) is 20.6. The summed E-state index contributed by atoms with van der Waals surface area (Å²) in [7, 11) is 1.78. The van der Waals surface area contributed by atoms with Gasteiger partial charge in [-0.2, -0.15) is 0 Å². The van der Waals surface area contributed by atoms with E-state index in [4.69, 9.17) is 0 Å². The Morgan fingerprint density at radius 3 is 2.81 bits per heavy atom. The largest absolute Gasteiger partial charge is 0.356 e. The third-order valence-corrected chi connectivity index (χ3v) is 5.03. The maximum atomic E-state index is 4.53. The van der Waals surface area contributed by atoms with Crippen molar-refractivity contribution in [1.29, 1.82) is 0 Å². The molecule has 2 N–H and O–H groups in total.